The first-order chi connectivity index (χ1) is 12.2. The average Bonchev–Trinajstić information content (AvgIpc) is 3.35. The van der Waals surface area contributed by atoms with Gasteiger partial charge in [-0.1, -0.05) is 30.0 Å². The van der Waals surface area contributed by atoms with Crippen LogP contribution in [0, 0.1) is 23.7 Å². The fourth-order valence-electron chi connectivity index (χ4n) is 4.38. The van der Waals surface area contributed by atoms with E-state index in [9.17, 15) is 9.59 Å². The van der Waals surface area contributed by atoms with Gasteiger partial charge in [0, 0.05) is 5.75 Å². The maximum atomic E-state index is 12.9. The van der Waals surface area contributed by atoms with Gasteiger partial charge in [0.2, 0.25) is 11.8 Å². The SMILES string of the molecule is C=CCSc1nc2ccc(N3C(=O)[C@@H]4[C@H](C3=O)[C@H]3C=C[C@H]4C3)cc2s1. The highest BCUT2D eigenvalue weighted by Crippen LogP contribution is 2.53. The number of carbonyl (C=O) groups excluding carboxylic acids is 2. The molecule has 1 aromatic heterocycles. The van der Waals surface area contributed by atoms with Crippen LogP contribution in [0.2, 0.25) is 0 Å². The van der Waals surface area contributed by atoms with Crippen molar-refractivity contribution in [3.63, 3.8) is 0 Å². The minimum Gasteiger partial charge on any atom is -0.274 e. The van der Waals surface area contributed by atoms with Crippen molar-refractivity contribution in [3.05, 3.63) is 43.0 Å². The van der Waals surface area contributed by atoms with Crippen molar-refractivity contribution in [1.82, 2.24) is 4.98 Å². The van der Waals surface area contributed by atoms with Gasteiger partial charge in [0.1, 0.15) is 0 Å². The monoisotopic (exact) mass is 368 g/mol. The van der Waals surface area contributed by atoms with Crippen molar-refractivity contribution in [1.29, 1.82) is 0 Å². The maximum Gasteiger partial charge on any atom is 0.238 e. The van der Waals surface area contributed by atoms with E-state index in [0.29, 0.717) is 5.69 Å². The van der Waals surface area contributed by atoms with Crippen LogP contribution in [0.25, 0.3) is 10.2 Å². The Bertz CT molecular complexity index is 918. The average molecular weight is 368 g/mol. The Morgan fingerprint density at radius 1 is 1.24 bits per heavy atom. The molecule has 2 bridgehead atoms. The van der Waals surface area contributed by atoms with Crippen LogP contribution in [0.4, 0.5) is 5.69 Å². The van der Waals surface area contributed by atoms with Crippen molar-refractivity contribution in [2.45, 2.75) is 10.8 Å². The minimum atomic E-state index is -0.154. The first-order valence-electron chi connectivity index (χ1n) is 8.38. The molecular weight excluding hydrogens is 352 g/mol. The summed E-state index contributed by atoms with van der Waals surface area (Å²) in [5.74, 6) is 0.927. The number of nitrogens with zero attached hydrogens (tertiary/aromatic N) is 2. The number of hydrogen-bond acceptors (Lipinski definition) is 5. The second-order valence-electron chi connectivity index (χ2n) is 6.74. The molecule has 0 N–H and O–H groups in total. The number of aromatic nitrogens is 1. The summed E-state index contributed by atoms with van der Waals surface area (Å²) in [4.78, 5) is 31.8. The highest BCUT2D eigenvalue weighted by atomic mass is 32.2. The van der Waals surface area contributed by atoms with E-state index in [1.54, 1.807) is 23.1 Å². The number of thioether (sulfide) groups is 1. The van der Waals surface area contributed by atoms with Crippen LogP contribution < -0.4 is 4.90 Å². The molecule has 1 saturated carbocycles. The number of thiazole rings is 1. The van der Waals surface area contributed by atoms with E-state index in [4.69, 9.17) is 0 Å². The van der Waals surface area contributed by atoms with Crippen molar-refractivity contribution in [2.24, 2.45) is 23.7 Å². The largest absolute Gasteiger partial charge is 0.274 e. The summed E-state index contributed by atoms with van der Waals surface area (Å²) in [5, 5.41) is 0. The van der Waals surface area contributed by atoms with Gasteiger partial charge in [-0.25, -0.2) is 9.88 Å². The predicted octanol–water partition coefficient (Wildman–Crippen LogP) is 3.89. The molecule has 25 heavy (non-hydrogen) atoms. The summed E-state index contributed by atoms with van der Waals surface area (Å²) in [7, 11) is 0. The van der Waals surface area contributed by atoms with Crippen molar-refractivity contribution >= 4 is 50.8 Å². The number of fused-ring (bicyclic) bond motifs is 6. The van der Waals surface area contributed by atoms with Gasteiger partial charge >= 0.3 is 0 Å². The van der Waals surface area contributed by atoms with Crippen molar-refractivity contribution < 1.29 is 9.59 Å². The molecule has 2 aliphatic carbocycles. The number of anilines is 1. The Kier molecular flexibility index (Phi) is 3.40. The second kappa shape index (κ2) is 5.54. The number of carbonyl (C=O) groups is 2. The number of hydrogen-bond donors (Lipinski definition) is 0. The van der Waals surface area contributed by atoms with Crippen LogP contribution in [-0.4, -0.2) is 22.6 Å². The Labute approximate surface area is 153 Å². The molecule has 1 aliphatic heterocycles. The summed E-state index contributed by atoms with van der Waals surface area (Å²) in [6, 6.07) is 5.67. The molecule has 2 amide bonds. The van der Waals surface area contributed by atoms with Crippen LogP contribution >= 0.6 is 23.1 Å². The molecule has 2 heterocycles. The molecule has 2 fully saturated rings. The topological polar surface area (TPSA) is 50.3 Å². The first-order valence-corrected chi connectivity index (χ1v) is 10.2. The zero-order valence-corrected chi connectivity index (χ0v) is 15.1. The van der Waals surface area contributed by atoms with Crippen LogP contribution in [0.5, 0.6) is 0 Å². The standard InChI is InChI=1S/C19H16N2O2S2/c1-2-7-24-19-20-13-6-5-12(9-14(13)25-19)21-17(22)15-10-3-4-11(8-10)16(15)18(21)23/h2-6,9-11,15-16H,1,7-8H2/t10-,11-,15-,16+/m0/s1. The number of amides is 2. The molecule has 2 aromatic rings. The van der Waals surface area contributed by atoms with Crippen LogP contribution in [-0.2, 0) is 9.59 Å². The Balaban J connectivity index is 1.50. The van der Waals surface area contributed by atoms with Crippen LogP contribution in [0.15, 0.2) is 47.3 Å². The van der Waals surface area contributed by atoms with Crippen molar-refractivity contribution in [2.75, 3.05) is 10.7 Å². The van der Waals surface area contributed by atoms with Gasteiger partial charge in [-0.15, -0.1) is 17.9 Å². The highest BCUT2D eigenvalue weighted by molar-refractivity contribution is 8.01. The van der Waals surface area contributed by atoms with E-state index in [2.05, 4.69) is 23.7 Å². The van der Waals surface area contributed by atoms with Gasteiger partial charge in [0.05, 0.1) is 27.7 Å². The van der Waals surface area contributed by atoms with Crippen LogP contribution in [0.3, 0.4) is 0 Å². The number of rotatable bonds is 4. The number of benzene rings is 1. The van der Waals surface area contributed by atoms with Gasteiger partial charge in [-0.3, -0.25) is 9.59 Å². The summed E-state index contributed by atoms with van der Waals surface area (Å²) < 4.78 is 1.98. The van der Waals surface area contributed by atoms with E-state index >= 15 is 0 Å². The van der Waals surface area contributed by atoms with E-state index in [1.165, 1.54) is 4.90 Å². The predicted molar refractivity (Wildman–Crippen MR) is 101 cm³/mol. The third-order valence-electron chi connectivity index (χ3n) is 5.41. The van der Waals surface area contributed by atoms with Crippen molar-refractivity contribution in [3.8, 4) is 0 Å². The van der Waals surface area contributed by atoms with E-state index in [0.717, 1.165) is 26.7 Å². The highest BCUT2D eigenvalue weighted by Gasteiger charge is 2.59. The smallest absolute Gasteiger partial charge is 0.238 e. The molecule has 0 spiro atoms. The maximum absolute atomic E-state index is 12.9. The lowest BCUT2D eigenvalue weighted by Gasteiger charge is -2.17. The molecule has 1 aromatic carbocycles. The summed E-state index contributed by atoms with van der Waals surface area (Å²) >= 11 is 3.23. The fourth-order valence-corrected chi connectivity index (χ4v) is 6.24. The Hall–Kier alpha value is -1.92. The van der Waals surface area contributed by atoms with Gasteiger partial charge in [0.15, 0.2) is 4.34 Å². The van der Waals surface area contributed by atoms with E-state index < -0.39 is 0 Å². The molecule has 6 heteroatoms. The first kappa shape index (κ1) is 15.3. The Morgan fingerprint density at radius 2 is 1.96 bits per heavy atom. The molecule has 5 rings (SSSR count). The molecule has 0 unspecified atom stereocenters. The minimum absolute atomic E-state index is 0.0306. The summed E-state index contributed by atoms with van der Waals surface area (Å²) in [6.45, 7) is 3.73. The van der Waals surface area contributed by atoms with E-state index in [-0.39, 0.29) is 35.5 Å². The van der Waals surface area contributed by atoms with Gasteiger partial charge in [-0.05, 0) is 36.5 Å². The zero-order chi connectivity index (χ0) is 17.1. The molecule has 4 nitrogen and oxygen atoms in total. The lowest BCUT2D eigenvalue weighted by molar-refractivity contribution is -0.123. The fraction of sp³-hybridized carbons (Fsp3) is 0.316. The van der Waals surface area contributed by atoms with Gasteiger partial charge in [0.25, 0.3) is 0 Å². The Morgan fingerprint density at radius 3 is 2.64 bits per heavy atom. The number of imide groups is 1. The summed E-state index contributed by atoms with van der Waals surface area (Å²) in [5.41, 5.74) is 1.58. The summed E-state index contributed by atoms with van der Waals surface area (Å²) in [6.07, 6.45) is 7.05. The van der Waals surface area contributed by atoms with Crippen LogP contribution in [0.1, 0.15) is 6.42 Å². The molecule has 3 aliphatic rings. The second-order valence-corrected chi connectivity index (χ2v) is 9.04. The van der Waals surface area contributed by atoms with Gasteiger partial charge in [-0.2, -0.15) is 0 Å². The third kappa shape index (κ3) is 2.17. The normalized spacial score (nSPS) is 29.8. The number of allylic oxidation sites excluding steroid dienone is 2. The zero-order valence-electron chi connectivity index (χ0n) is 13.4. The molecular formula is C19H16N2O2S2. The quantitative estimate of drug-likeness (QED) is 0.467. The third-order valence-corrected chi connectivity index (χ3v) is 7.56. The molecule has 0 radical (unpaired) electrons. The lowest BCUT2D eigenvalue weighted by atomic mass is 9.85. The van der Waals surface area contributed by atoms with E-state index in [1.807, 2.05) is 24.3 Å². The molecule has 1 saturated heterocycles. The van der Waals surface area contributed by atoms with Gasteiger partial charge < -0.3 is 0 Å². The molecule has 4 atom stereocenters. The lowest BCUT2D eigenvalue weighted by Crippen LogP contribution is -2.32. The molecule has 126 valence electrons.